The Hall–Kier alpha value is -3.01. The van der Waals surface area contributed by atoms with Crippen molar-refractivity contribution in [3.63, 3.8) is 0 Å². The van der Waals surface area contributed by atoms with E-state index in [0.717, 1.165) is 16.5 Å². The highest BCUT2D eigenvalue weighted by Crippen LogP contribution is 2.30. The number of pyridine rings is 1. The molecule has 2 aromatic carbocycles. The fourth-order valence-electron chi connectivity index (χ4n) is 3.47. The lowest BCUT2D eigenvalue weighted by Crippen LogP contribution is -2.32. The third-order valence-electron chi connectivity index (χ3n) is 4.86. The fraction of sp³-hybridized carbons (Fsp3) is 0.238. The number of hydrogen-bond donors (Lipinski definition) is 2. The average molecular weight is 428 g/mol. The van der Waals surface area contributed by atoms with Gasteiger partial charge >= 0.3 is 5.97 Å². The predicted molar refractivity (Wildman–Crippen MR) is 109 cm³/mol. The number of nitrogens with one attached hydrogen (secondary N) is 1. The minimum atomic E-state index is -3.80. The largest absolute Gasteiger partial charge is 0.482 e. The summed E-state index contributed by atoms with van der Waals surface area (Å²) in [6.07, 6.45) is 1.74. The van der Waals surface area contributed by atoms with Gasteiger partial charge in [-0.25, -0.2) is 17.9 Å². The van der Waals surface area contributed by atoms with Gasteiger partial charge in [-0.3, -0.25) is 4.98 Å². The van der Waals surface area contributed by atoms with Gasteiger partial charge < -0.3 is 14.6 Å². The van der Waals surface area contributed by atoms with Crippen LogP contribution in [0.3, 0.4) is 0 Å². The number of aromatic nitrogens is 1. The molecule has 0 spiro atoms. The number of benzene rings is 2. The van der Waals surface area contributed by atoms with Gasteiger partial charge in [-0.05, 0) is 41.8 Å². The number of rotatable bonds is 7. The van der Waals surface area contributed by atoms with Crippen molar-refractivity contribution >= 4 is 26.9 Å². The van der Waals surface area contributed by atoms with Gasteiger partial charge in [0.05, 0.1) is 18.2 Å². The molecule has 156 valence electrons. The van der Waals surface area contributed by atoms with Gasteiger partial charge in [-0.2, -0.15) is 0 Å². The number of ether oxygens (including phenoxy) is 2. The summed E-state index contributed by atoms with van der Waals surface area (Å²) in [6.45, 7) is 0.0725. The maximum atomic E-state index is 12.9. The molecule has 30 heavy (non-hydrogen) atoms. The van der Waals surface area contributed by atoms with Crippen LogP contribution in [0.15, 0.2) is 59.6 Å². The predicted octanol–water partition coefficient (Wildman–Crippen LogP) is 2.29. The summed E-state index contributed by atoms with van der Waals surface area (Å²) in [5.41, 5.74) is 2.21. The van der Waals surface area contributed by atoms with E-state index < -0.39 is 28.7 Å². The Morgan fingerprint density at radius 1 is 1.23 bits per heavy atom. The molecule has 0 amide bonds. The molecule has 3 aromatic rings. The van der Waals surface area contributed by atoms with Crippen molar-refractivity contribution in [2.45, 2.75) is 17.4 Å². The molecule has 8 nitrogen and oxygen atoms in total. The third-order valence-corrected chi connectivity index (χ3v) is 6.31. The van der Waals surface area contributed by atoms with E-state index in [2.05, 4.69) is 9.71 Å². The van der Waals surface area contributed by atoms with E-state index in [1.54, 1.807) is 36.5 Å². The van der Waals surface area contributed by atoms with Crippen LogP contribution >= 0.6 is 0 Å². The lowest BCUT2D eigenvalue weighted by Gasteiger charge is -2.26. The monoisotopic (exact) mass is 428 g/mol. The minimum absolute atomic E-state index is 0.0634. The van der Waals surface area contributed by atoms with Crippen molar-refractivity contribution in [2.24, 2.45) is 0 Å². The number of para-hydroxylation sites is 1. The van der Waals surface area contributed by atoms with Gasteiger partial charge in [0.1, 0.15) is 10.6 Å². The lowest BCUT2D eigenvalue weighted by molar-refractivity contribution is -0.139. The first kappa shape index (κ1) is 20.3. The molecule has 0 aliphatic carbocycles. The van der Waals surface area contributed by atoms with Crippen LogP contribution in [0, 0.1) is 0 Å². The molecule has 9 heteroatoms. The van der Waals surface area contributed by atoms with E-state index in [1.807, 2.05) is 12.1 Å². The topological polar surface area (TPSA) is 115 Å². The summed E-state index contributed by atoms with van der Waals surface area (Å²) >= 11 is 0. The molecule has 1 aromatic heterocycles. The number of fused-ring (bicyclic) bond motifs is 2. The van der Waals surface area contributed by atoms with Gasteiger partial charge in [-0.1, -0.05) is 24.3 Å². The lowest BCUT2D eigenvalue weighted by atomic mass is 9.97. The Bertz CT molecular complexity index is 1190. The maximum absolute atomic E-state index is 12.9. The SMILES string of the molecule is O=C(O)COc1ccc2c(c1)CCOC2CNS(=O)(=O)c1cccc2cccnc12. The Morgan fingerprint density at radius 3 is 2.90 bits per heavy atom. The third kappa shape index (κ3) is 4.28. The van der Waals surface area contributed by atoms with Crippen LogP contribution in [-0.2, 0) is 26.0 Å². The van der Waals surface area contributed by atoms with Gasteiger partial charge in [0, 0.05) is 18.1 Å². The Labute approximate surface area is 173 Å². The second-order valence-corrected chi connectivity index (χ2v) is 8.57. The first-order valence-electron chi connectivity index (χ1n) is 9.36. The molecule has 1 atom stereocenters. The molecule has 1 aliphatic rings. The van der Waals surface area contributed by atoms with Crippen LogP contribution in [-0.4, -0.2) is 44.2 Å². The first-order chi connectivity index (χ1) is 14.4. The van der Waals surface area contributed by atoms with Gasteiger partial charge in [-0.15, -0.1) is 0 Å². The number of carboxylic acid groups (broad SMARTS) is 1. The van der Waals surface area contributed by atoms with Crippen LogP contribution in [0.1, 0.15) is 17.2 Å². The molecule has 1 aliphatic heterocycles. The van der Waals surface area contributed by atoms with Crippen LogP contribution in [0.2, 0.25) is 0 Å². The highest BCUT2D eigenvalue weighted by atomic mass is 32.2. The molecule has 1 unspecified atom stereocenters. The van der Waals surface area contributed by atoms with Crippen molar-refractivity contribution in [2.75, 3.05) is 19.8 Å². The average Bonchev–Trinajstić information content (AvgIpc) is 2.75. The fourth-order valence-corrected chi connectivity index (χ4v) is 4.68. The summed E-state index contributed by atoms with van der Waals surface area (Å²) in [4.78, 5) is 15.0. The normalized spacial score (nSPS) is 16.2. The van der Waals surface area contributed by atoms with E-state index in [-0.39, 0.29) is 11.4 Å². The van der Waals surface area contributed by atoms with Crippen molar-refractivity contribution in [1.82, 2.24) is 9.71 Å². The summed E-state index contributed by atoms with van der Waals surface area (Å²) in [6, 6.07) is 13.8. The molecule has 4 rings (SSSR count). The van der Waals surface area contributed by atoms with E-state index in [1.165, 1.54) is 6.07 Å². The van der Waals surface area contributed by atoms with Gasteiger partial charge in [0.2, 0.25) is 10.0 Å². The van der Waals surface area contributed by atoms with Gasteiger partial charge in [0.15, 0.2) is 6.61 Å². The smallest absolute Gasteiger partial charge is 0.341 e. The summed E-state index contributed by atoms with van der Waals surface area (Å²) in [5, 5.41) is 9.49. The Balaban J connectivity index is 1.52. The number of carbonyl (C=O) groups is 1. The summed E-state index contributed by atoms with van der Waals surface area (Å²) in [5.74, 6) is -0.592. The molecule has 0 saturated carbocycles. The number of hydrogen-bond acceptors (Lipinski definition) is 6. The van der Waals surface area contributed by atoms with E-state index in [4.69, 9.17) is 14.6 Å². The second kappa shape index (κ2) is 8.39. The van der Waals surface area contributed by atoms with Gasteiger partial charge in [0.25, 0.3) is 0 Å². The second-order valence-electron chi connectivity index (χ2n) is 6.84. The Morgan fingerprint density at radius 2 is 2.07 bits per heavy atom. The number of sulfonamides is 1. The van der Waals surface area contributed by atoms with Crippen molar-refractivity contribution in [1.29, 1.82) is 0 Å². The van der Waals surface area contributed by atoms with Crippen molar-refractivity contribution in [3.8, 4) is 5.75 Å². The van der Waals surface area contributed by atoms with Crippen LogP contribution < -0.4 is 9.46 Å². The van der Waals surface area contributed by atoms with E-state index in [0.29, 0.717) is 24.3 Å². The quantitative estimate of drug-likeness (QED) is 0.593. The van der Waals surface area contributed by atoms with E-state index >= 15 is 0 Å². The molecular formula is C21H20N2O6S. The number of nitrogens with zero attached hydrogens (tertiary/aromatic N) is 1. The minimum Gasteiger partial charge on any atom is -0.482 e. The molecule has 0 bridgehead atoms. The first-order valence-corrected chi connectivity index (χ1v) is 10.8. The molecule has 2 heterocycles. The molecule has 0 fully saturated rings. The molecule has 0 radical (unpaired) electrons. The molecule has 2 N–H and O–H groups in total. The zero-order valence-electron chi connectivity index (χ0n) is 15.9. The summed E-state index contributed by atoms with van der Waals surface area (Å²) < 4.78 is 39.5. The van der Waals surface area contributed by atoms with Crippen LogP contribution in [0.5, 0.6) is 5.75 Å². The zero-order valence-corrected chi connectivity index (χ0v) is 16.8. The van der Waals surface area contributed by atoms with Crippen LogP contribution in [0.4, 0.5) is 0 Å². The summed E-state index contributed by atoms with van der Waals surface area (Å²) in [7, 11) is -3.80. The highest BCUT2D eigenvalue weighted by Gasteiger charge is 2.25. The molecular weight excluding hydrogens is 408 g/mol. The van der Waals surface area contributed by atoms with Crippen LogP contribution in [0.25, 0.3) is 10.9 Å². The highest BCUT2D eigenvalue weighted by molar-refractivity contribution is 7.89. The standard InChI is InChI=1S/C21H20N2O6S/c24-20(25)13-29-16-6-7-17-15(11-16)8-10-28-18(17)12-23-30(26,27)19-5-1-3-14-4-2-9-22-21(14)19/h1-7,9,11,18,23H,8,10,12-13H2,(H,24,25). The Kier molecular flexibility index (Phi) is 5.67. The maximum Gasteiger partial charge on any atom is 0.341 e. The van der Waals surface area contributed by atoms with Crippen molar-refractivity contribution < 1.29 is 27.8 Å². The molecule has 0 saturated heterocycles. The number of carboxylic acids is 1. The number of aliphatic carboxylic acids is 1. The zero-order chi connectivity index (χ0) is 21.1. The van der Waals surface area contributed by atoms with Crippen molar-refractivity contribution in [3.05, 3.63) is 65.9 Å². The van der Waals surface area contributed by atoms with E-state index in [9.17, 15) is 13.2 Å².